The van der Waals surface area contributed by atoms with E-state index in [0.29, 0.717) is 62.2 Å². The fraction of sp³-hybridized carbons (Fsp3) is 0.200. The van der Waals surface area contributed by atoms with Gasteiger partial charge in [-0.3, -0.25) is 8.80 Å². The Balaban J connectivity index is 0.000000177. The zero-order valence-corrected chi connectivity index (χ0v) is 33.7. The summed E-state index contributed by atoms with van der Waals surface area (Å²) >= 11 is 1.46. The summed E-state index contributed by atoms with van der Waals surface area (Å²) in [7, 11) is -3.62. The third kappa shape index (κ3) is 8.47. The van der Waals surface area contributed by atoms with Crippen LogP contribution in [0.15, 0.2) is 108 Å². The van der Waals surface area contributed by atoms with Crippen molar-refractivity contribution in [2.75, 3.05) is 12.5 Å². The minimum atomic E-state index is -3.62. The number of hydrogen-bond acceptors (Lipinski definition) is 13. The average Bonchev–Trinajstić information content (AvgIpc) is 3.79. The van der Waals surface area contributed by atoms with Gasteiger partial charge in [-0.2, -0.15) is 0 Å². The van der Waals surface area contributed by atoms with Gasteiger partial charge in [-0.05, 0) is 94.6 Å². The molecule has 0 spiro atoms. The predicted octanol–water partition coefficient (Wildman–Crippen LogP) is 7.68. The summed E-state index contributed by atoms with van der Waals surface area (Å²) in [6, 6.07) is 15.5. The van der Waals surface area contributed by atoms with Crippen LogP contribution in [-0.4, -0.2) is 81.8 Å². The molecule has 8 aromatic rings. The minimum Gasteiger partial charge on any atom is -0.472 e. The molecule has 0 saturated carbocycles. The molecular weight excluding hydrogens is 787 g/mol. The molecule has 0 amide bonds. The third-order valence-corrected chi connectivity index (χ3v) is 9.64. The molecule has 0 bridgehead atoms. The number of imidazole rings is 2. The quantitative estimate of drug-likeness (QED) is 0.0975. The molecule has 6 heterocycles. The molecule has 0 aliphatic carbocycles. The Hall–Kier alpha value is -6.40. The summed E-state index contributed by atoms with van der Waals surface area (Å²) in [6.07, 6.45) is 12.6. The largest absolute Gasteiger partial charge is 0.472 e. The average molecular weight is 823 g/mol. The lowest BCUT2D eigenvalue weighted by molar-refractivity contribution is 0.234. The van der Waals surface area contributed by atoms with Crippen LogP contribution in [-0.2, 0) is 9.84 Å². The van der Waals surface area contributed by atoms with Crippen LogP contribution >= 0.6 is 11.8 Å². The second-order valence-corrected chi connectivity index (χ2v) is 15.9. The Morgan fingerprint density at radius 3 is 1.48 bits per heavy atom. The van der Waals surface area contributed by atoms with Crippen LogP contribution in [0.1, 0.15) is 27.7 Å². The van der Waals surface area contributed by atoms with Crippen LogP contribution in [0.2, 0.25) is 0 Å². The van der Waals surface area contributed by atoms with Gasteiger partial charge >= 0.3 is 0 Å². The molecule has 0 fully saturated rings. The lowest BCUT2D eigenvalue weighted by Crippen LogP contribution is -2.08. The number of fused-ring (bicyclic) bond motifs is 2. The summed E-state index contributed by atoms with van der Waals surface area (Å²) in [5, 5.41) is 0.359. The molecule has 18 heteroatoms. The maximum Gasteiger partial charge on any atom is 0.258 e. The van der Waals surface area contributed by atoms with Crippen LogP contribution < -0.4 is 9.47 Å². The van der Waals surface area contributed by atoms with Gasteiger partial charge in [0.25, 0.3) is 11.8 Å². The van der Waals surface area contributed by atoms with Gasteiger partial charge < -0.3 is 9.47 Å². The lowest BCUT2D eigenvalue weighted by atomic mass is 10.1. The lowest BCUT2D eigenvalue weighted by Gasteiger charge is -2.09. The van der Waals surface area contributed by atoms with Crippen LogP contribution in [0.25, 0.3) is 56.6 Å². The standard InChI is InChI=1S/C20H18FN5O3S.C20H18FN5OS/c1-12(2)29-19-18-25-16(13-4-6-14(21)7-5-13)17(26(18)11-10-22-19)15-8-9-23-20(24-15)30(3,27)28;1-12(2)27-19-18-25-16(13-4-6-14(21)7-5-13)17(26(18)11-10-22-19)15-8-9-23-20(24-15)28-3/h4-12H,1-3H3;4-12H,1-3H3. The Labute approximate surface area is 336 Å². The van der Waals surface area contributed by atoms with E-state index in [1.54, 1.807) is 59.5 Å². The van der Waals surface area contributed by atoms with Crippen LogP contribution in [0.5, 0.6) is 11.8 Å². The molecule has 58 heavy (non-hydrogen) atoms. The molecule has 0 unspecified atom stereocenters. The van der Waals surface area contributed by atoms with E-state index < -0.39 is 9.84 Å². The van der Waals surface area contributed by atoms with Gasteiger partial charge in [0.1, 0.15) is 11.6 Å². The van der Waals surface area contributed by atoms with Crippen molar-refractivity contribution < 1.29 is 26.7 Å². The van der Waals surface area contributed by atoms with Crippen molar-refractivity contribution in [2.24, 2.45) is 0 Å². The molecule has 14 nitrogen and oxygen atoms in total. The Morgan fingerprint density at radius 2 is 1.05 bits per heavy atom. The van der Waals surface area contributed by atoms with Gasteiger partial charge in [-0.25, -0.2) is 57.1 Å². The minimum absolute atomic E-state index is 0.0461. The summed E-state index contributed by atoms with van der Waals surface area (Å²) < 4.78 is 66.1. The Bertz CT molecular complexity index is 2850. The SMILES string of the molecule is CC(C)Oc1nccn2c(-c3ccnc(S(C)(=O)=O)n3)c(-c3ccc(F)cc3)nc12.CSc1nccc(-c2c(-c3ccc(F)cc3)nc3c(OC(C)C)nccn23)n1. The number of ether oxygens (including phenoxy) is 2. The maximum absolute atomic E-state index is 13.5. The highest BCUT2D eigenvalue weighted by molar-refractivity contribution is 7.98. The summed E-state index contributed by atoms with van der Waals surface area (Å²) in [4.78, 5) is 35.0. The molecule has 0 saturated heterocycles. The van der Waals surface area contributed by atoms with Crippen LogP contribution in [0.3, 0.4) is 0 Å². The number of sulfone groups is 1. The van der Waals surface area contributed by atoms with Gasteiger partial charge in [-0.15, -0.1) is 0 Å². The molecule has 0 N–H and O–H groups in total. The van der Waals surface area contributed by atoms with Gasteiger partial charge in [-0.1, -0.05) is 11.8 Å². The first kappa shape index (κ1) is 39.8. The van der Waals surface area contributed by atoms with Gasteiger partial charge in [0, 0.05) is 54.6 Å². The fourth-order valence-electron chi connectivity index (χ4n) is 5.85. The first-order valence-corrected chi connectivity index (χ1v) is 20.9. The monoisotopic (exact) mass is 822 g/mol. The maximum atomic E-state index is 13.5. The number of nitrogens with zero attached hydrogens (tertiary/aromatic N) is 10. The molecule has 0 aliphatic rings. The van der Waals surface area contributed by atoms with E-state index in [1.165, 1.54) is 42.2 Å². The Kier molecular flexibility index (Phi) is 11.4. The Morgan fingerprint density at radius 1 is 0.603 bits per heavy atom. The number of rotatable bonds is 10. The molecule has 6 aromatic heterocycles. The zero-order chi connectivity index (χ0) is 41.1. The normalized spacial score (nSPS) is 11.6. The van der Waals surface area contributed by atoms with Crippen molar-refractivity contribution in [2.45, 2.75) is 50.2 Å². The summed E-state index contributed by atoms with van der Waals surface area (Å²) in [5.74, 6) is 0.0768. The van der Waals surface area contributed by atoms with Crippen molar-refractivity contribution in [1.82, 2.24) is 48.7 Å². The summed E-state index contributed by atoms with van der Waals surface area (Å²) in [5.41, 5.74) is 5.92. The molecule has 0 atom stereocenters. The number of hydrogen-bond donors (Lipinski definition) is 0. The number of aromatic nitrogens is 10. The fourth-order valence-corrected chi connectivity index (χ4v) is 6.72. The van der Waals surface area contributed by atoms with Crippen LogP contribution in [0.4, 0.5) is 8.78 Å². The van der Waals surface area contributed by atoms with Gasteiger partial charge in [0.15, 0.2) is 5.16 Å². The molecule has 0 aliphatic heterocycles. The van der Waals surface area contributed by atoms with E-state index in [-0.39, 0.29) is 29.0 Å². The first-order chi connectivity index (χ1) is 27.8. The number of thioether (sulfide) groups is 1. The highest BCUT2D eigenvalue weighted by atomic mass is 32.2. The molecule has 296 valence electrons. The second-order valence-electron chi connectivity index (χ2n) is 13.2. The van der Waals surface area contributed by atoms with Crippen molar-refractivity contribution in [1.29, 1.82) is 0 Å². The molecule has 0 radical (unpaired) electrons. The van der Waals surface area contributed by atoms with Crippen molar-refractivity contribution >= 4 is 32.9 Å². The number of halogens is 2. The van der Waals surface area contributed by atoms with Crippen molar-refractivity contribution in [3.8, 4) is 57.1 Å². The highest BCUT2D eigenvalue weighted by Gasteiger charge is 2.24. The third-order valence-electron chi connectivity index (χ3n) is 8.22. The highest BCUT2D eigenvalue weighted by Crippen LogP contribution is 2.36. The second kappa shape index (κ2) is 16.6. The van der Waals surface area contributed by atoms with E-state index in [0.717, 1.165) is 17.5 Å². The molecule has 8 rings (SSSR count). The van der Waals surface area contributed by atoms with E-state index >= 15 is 0 Å². The zero-order valence-electron chi connectivity index (χ0n) is 32.1. The molecular formula is C40H36F2N10O4S2. The summed E-state index contributed by atoms with van der Waals surface area (Å²) in [6.45, 7) is 7.62. The van der Waals surface area contributed by atoms with Gasteiger partial charge in [0.2, 0.25) is 26.3 Å². The van der Waals surface area contributed by atoms with E-state index in [1.807, 2.05) is 50.6 Å². The smallest absolute Gasteiger partial charge is 0.258 e. The van der Waals surface area contributed by atoms with Crippen molar-refractivity contribution in [3.05, 3.63) is 109 Å². The molecule has 2 aromatic carbocycles. The number of benzene rings is 2. The first-order valence-electron chi connectivity index (χ1n) is 17.8. The van der Waals surface area contributed by atoms with Crippen molar-refractivity contribution in [3.63, 3.8) is 0 Å². The van der Waals surface area contributed by atoms with Crippen LogP contribution in [0, 0.1) is 11.6 Å². The van der Waals surface area contributed by atoms with E-state index in [2.05, 4.69) is 34.9 Å². The van der Waals surface area contributed by atoms with Gasteiger partial charge in [0.05, 0.1) is 46.4 Å². The van der Waals surface area contributed by atoms with E-state index in [4.69, 9.17) is 14.5 Å². The van der Waals surface area contributed by atoms with E-state index in [9.17, 15) is 17.2 Å². The predicted molar refractivity (Wildman–Crippen MR) is 215 cm³/mol. The topological polar surface area (TPSA) is 165 Å².